The molecule has 0 saturated carbocycles. The number of rotatable bonds is 1. The van der Waals surface area contributed by atoms with Gasteiger partial charge in [-0.1, -0.05) is 19.9 Å². The number of carboxylic acids is 1. The summed E-state index contributed by atoms with van der Waals surface area (Å²) in [7, 11) is 0. The highest BCUT2D eigenvalue weighted by Crippen LogP contribution is 2.48. The molecule has 1 aromatic carbocycles. The third-order valence-corrected chi connectivity index (χ3v) is 4.10. The van der Waals surface area contributed by atoms with Crippen LogP contribution in [0.1, 0.15) is 59.8 Å². The molecule has 0 bridgehead atoms. The first-order chi connectivity index (χ1) is 8.00. The Labute approximate surface area is 100 Å². The summed E-state index contributed by atoms with van der Waals surface area (Å²) < 4.78 is 5.73. The van der Waals surface area contributed by atoms with Crippen molar-refractivity contribution in [3.05, 3.63) is 34.4 Å². The molecule has 1 aliphatic heterocycles. The van der Waals surface area contributed by atoms with E-state index in [4.69, 9.17) is 4.74 Å². The summed E-state index contributed by atoms with van der Waals surface area (Å²) in [6, 6.07) is 3.71. The van der Waals surface area contributed by atoms with Gasteiger partial charge < -0.3 is 9.84 Å². The molecular weight excluding hydrogens is 216 g/mol. The van der Waals surface area contributed by atoms with Crippen molar-refractivity contribution >= 4 is 5.97 Å². The number of hydrogen-bond acceptors (Lipinski definition) is 2. The van der Waals surface area contributed by atoms with E-state index in [-0.39, 0.29) is 11.5 Å². The lowest BCUT2D eigenvalue weighted by atomic mass is 9.70. The summed E-state index contributed by atoms with van der Waals surface area (Å²) in [6.45, 7) is 4.89. The van der Waals surface area contributed by atoms with Crippen LogP contribution in [-0.2, 0) is 16.8 Å². The molecule has 0 amide bonds. The first kappa shape index (κ1) is 10.8. The number of carbonyl (C=O) groups is 1. The second kappa shape index (κ2) is 3.33. The molecule has 3 nitrogen and oxygen atoms in total. The van der Waals surface area contributed by atoms with Crippen LogP contribution in [0.5, 0.6) is 0 Å². The molecule has 0 radical (unpaired) electrons. The van der Waals surface area contributed by atoms with Crippen molar-refractivity contribution in [3.8, 4) is 0 Å². The van der Waals surface area contributed by atoms with Crippen molar-refractivity contribution in [2.24, 2.45) is 0 Å². The van der Waals surface area contributed by atoms with E-state index in [1.807, 2.05) is 6.07 Å². The van der Waals surface area contributed by atoms with Crippen LogP contribution in [0.4, 0.5) is 0 Å². The molecular formula is C14H16O3. The third kappa shape index (κ3) is 1.42. The van der Waals surface area contributed by atoms with Crippen LogP contribution < -0.4 is 0 Å². The summed E-state index contributed by atoms with van der Waals surface area (Å²) in [5, 5.41) is 9.19. The minimum absolute atomic E-state index is 0.118. The summed E-state index contributed by atoms with van der Waals surface area (Å²) in [6.07, 6.45) is 2.21. The first-order valence-corrected chi connectivity index (χ1v) is 6.02. The molecule has 1 aliphatic carbocycles. The maximum atomic E-state index is 11.2. The van der Waals surface area contributed by atoms with E-state index < -0.39 is 5.97 Å². The Balaban J connectivity index is 2.26. The monoisotopic (exact) mass is 232 g/mol. The van der Waals surface area contributed by atoms with Gasteiger partial charge in [0, 0.05) is 0 Å². The van der Waals surface area contributed by atoms with E-state index in [0.717, 1.165) is 24.0 Å². The fourth-order valence-electron chi connectivity index (χ4n) is 3.10. The van der Waals surface area contributed by atoms with Gasteiger partial charge in [-0.3, -0.25) is 0 Å². The van der Waals surface area contributed by atoms with E-state index in [0.29, 0.717) is 12.2 Å². The maximum absolute atomic E-state index is 11.2. The largest absolute Gasteiger partial charge is 0.478 e. The van der Waals surface area contributed by atoms with Gasteiger partial charge in [0.25, 0.3) is 0 Å². The molecule has 3 rings (SSSR count). The Morgan fingerprint density at radius 3 is 2.94 bits per heavy atom. The van der Waals surface area contributed by atoms with E-state index in [1.165, 1.54) is 5.56 Å². The number of benzene rings is 1. The number of carboxylic acid groups (broad SMARTS) is 1. The van der Waals surface area contributed by atoms with Crippen LogP contribution in [0, 0.1) is 0 Å². The van der Waals surface area contributed by atoms with Gasteiger partial charge in [0.15, 0.2) is 0 Å². The van der Waals surface area contributed by atoms with Crippen LogP contribution >= 0.6 is 0 Å². The highest BCUT2D eigenvalue weighted by molar-refractivity contribution is 5.90. The SMILES string of the molecule is CC1(C)CCC2OCc3c(C(=O)O)ccc1c32. The quantitative estimate of drug-likeness (QED) is 0.809. The molecule has 0 fully saturated rings. The molecule has 3 heteroatoms. The van der Waals surface area contributed by atoms with E-state index in [1.54, 1.807) is 6.07 Å². The molecule has 90 valence electrons. The standard InChI is InChI=1S/C14H16O3/c1-14(2)6-5-11-12-9(7-17-11)8(13(15)16)3-4-10(12)14/h3-4,11H,5-7H2,1-2H3,(H,15,16). The highest BCUT2D eigenvalue weighted by atomic mass is 16.5. The topological polar surface area (TPSA) is 46.5 Å². The molecule has 0 aromatic heterocycles. The molecule has 1 heterocycles. The van der Waals surface area contributed by atoms with E-state index >= 15 is 0 Å². The van der Waals surface area contributed by atoms with E-state index in [2.05, 4.69) is 13.8 Å². The second-order valence-corrected chi connectivity index (χ2v) is 5.58. The Kier molecular flexibility index (Phi) is 2.11. The van der Waals surface area contributed by atoms with Crippen LogP contribution in [-0.4, -0.2) is 11.1 Å². The summed E-state index contributed by atoms with van der Waals surface area (Å²) in [5.74, 6) is -0.851. The minimum Gasteiger partial charge on any atom is -0.478 e. The first-order valence-electron chi connectivity index (χ1n) is 6.02. The fraction of sp³-hybridized carbons (Fsp3) is 0.500. The summed E-state index contributed by atoms with van der Waals surface area (Å²) in [4.78, 5) is 11.2. The van der Waals surface area contributed by atoms with Crippen molar-refractivity contribution in [2.75, 3.05) is 0 Å². The smallest absolute Gasteiger partial charge is 0.336 e. The Morgan fingerprint density at radius 2 is 2.24 bits per heavy atom. The van der Waals surface area contributed by atoms with Crippen molar-refractivity contribution in [3.63, 3.8) is 0 Å². The Morgan fingerprint density at radius 1 is 1.47 bits per heavy atom. The van der Waals surface area contributed by atoms with Crippen LogP contribution in [0.15, 0.2) is 12.1 Å². The van der Waals surface area contributed by atoms with Gasteiger partial charge in [0.1, 0.15) is 0 Å². The molecule has 1 unspecified atom stereocenters. The predicted molar refractivity (Wildman–Crippen MR) is 63.2 cm³/mol. The average molecular weight is 232 g/mol. The molecule has 0 spiro atoms. The zero-order valence-electron chi connectivity index (χ0n) is 10.1. The lowest BCUT2D eigenvalue weighted by Crippen LogP contribution is -2.26. The van der Waals surface area contributed by atoms with Crippen LogP contribution in [0.25, 0.3) is 0 Å². The highest BCUT2D eigenvalue weighted by Gasteiger charge is 2.39. The molecule has 1 atom stereocenters. The van der Waals surface area contributed by atoms with Crippen LogP contribution in [0.2, 0.25) is 0 Å². The molecule has 17 heavy (non-hydrogen) atoms. The van der Waals surface area contributed by atoms with E-state index in [9.17, 15) is 9.90 Å². The average Bonchev–Trinajstić information content (AvgIpc) is 2.68. The van der Waals surface area contributed by atoms with Crippen molar-refractivity contribution in [1.29, 1.82) is 0 Å². The lowest BCUT2D eigenvalue weighted by Gasteiger charge is -2.35. The third-order valence-electron chi connectivity index (χ3n) is 4.10. The number of ether oxygens (including phenoxy) is 1. The van der Waals surface area contributed by atoms with Gasteiger partial charge in [0.2, 0.25) is 0 Å². The van der Waals surface area contributed by atoms with Gasteiger partial charge in [-0.05, 0) is 41.0 Å². The zero-order chi connectivity index (χ0) is 12.2. The van der Waals surface area contributed by atoms with Crippen molar-refractivity contribution in [1.82, 2.24) is 0 Å². The molecule has 1 aromatic rings. The second-order valence-electron chi connectivity index (χ2n) is 5.58. The summed E-state index contributed by atoms with van der Waals surface area (Å²) in [5.41, 5.74) is 3.86. The lowest BCUT2D eigenvalue weighted by molar-refractivity contribution is 0.0476. The van der Waals surface area contributed by atoms with Gasteiger partial charge in [-0.15, -0.1) is 0 Å². The van der Waals surface area contributed by atoms with Crippen molar-refractivity contribution < 1.29 is 14.6 Å². The normalized spacial score (nSPS) is 24.5. The van der Waals surface area contributed by atoms with Gasteiger partial charge >= 0.3 is 5.97 Å². The number of aromatic carboxylic acids is 1. The molecule has 2 aliphatic rings. The predicted octanol–water partition coefficient (Wildman–Crippen LogP) is 3.03. The maximum Gasteiger partial charge on any atom is 0.336 e. The van der Waals surface area contributed by atoms with Crippen molar-refractivity contribution in [2.45, 2.75) is 44.8 Å². The zero-order valence-corrected chi connectivity index (χ0v) is 10.1. The van der Waals surface area contributed by atoms with Gasteiger partial charge in [0.05, 0.1) is 18.3 Å². The Hall–Kier alpha value is -1.35. The van der Waals surface area contributed by atoms with Crippen LogP contribution in [0.3, 0.4) is 0 Å². The van der Waals surface area contributed by atoms with Gasteiger partial charge in [-0.25, -0.2) is 4.79 Å². The van der Waals surface area contributed by atoms with Gasteiger partial charge in [-0.2, -0.15) is 0 Å². The summed E-state index contributed by atoms with van der Waals surface area (Å²) >= 11 is 0. The molecule has 0 saturated heterocycles. The minimum atomic E-state index is -0.851. The fourth-order valence-corrected chi connectivity index (χ4v) is 3.10. The number of hydrogen-bond donors (Lipinski definition) is 1. The molecule has 1 N–H and O–H groups in total. The Bertz CT molecular complexity index is 502.